The fourth-order valence-corrected chi connectivity index (χ4v) is 5.11. The molecule has 1 aliphatic heterocycles. The summed E-state index contributed by atoms with van der Waals surface area (Å²) in [4.78, 5) is 6.90. The number of aryl methyl sites for hydroxylation is 1. The lowest BCUT2D eigenvalue weighted by molar-refractivity contribution is 0.310. The SMILES string of the molecule is Cc1cc([C@H]2[C@@H](c3ccccn3)NC(=S)N2Cc2ccccc2)c(C)n1-c1ccccc1O. The molecule has 0 unspecified atom stereocenters. The molecule has 4 aromatic rings. The van der Waals surface area contributed by atoms with Crippen molar-refractivity contribution in [2.75, 3.05) is 0 Å². The van der Waals surface area contributed by atoms with Gasteiger partial charge in [0.15, 0.2) is 5.11 Å². The number of aromatic nitrogens is 2. The van der Waals surface area contributed by atoms with E-state index in [9.17, 15) is 5.11 Å². The van der Waals surface area contributed by atoms with E-state index >= 15 is 0 Å². The van der Waals surface area contributed by atoms with Crippen molar-refractivity contribution >= 4 is 17.3 Å². The predicted molar refractivity (Wildman–Crippen MR) is 134 cm³/mol. The van der Waals surface area contributed by atoms with Crippen LogP contribution in [-0.2, 0) is 6.54 Å². The predicted octanol–water partition coefficient (Wildman–Crippen LogP) is 5.37. The molecular formula is C27H26N4OS. The molecule has 0 spiro atoms. The summed E-state index contributed by atoms with van der Waals surface area (Å²) < 4.78 is 2.11. The van der Waals surface area contributed by atoms with Gasteiger partial charge in [-0.1, -0.05) is 48.5 Å². The van der Waals surface area contributed by atoms with Crippen molar-refractivity contribution in [2.24, 2.45) is 0 Å². The van der Waals surface area contributed by atoms with Crippen LogP contribution >= 0.6 is 12.2 Å². The summed E-state index contributed by atoms with van der Waals surface area (Å²) in [5.41, 5.74) is 6.22. The van der Waals surface area contributed by atoms with Crippen molar-refractivity contribution in [1.29, 1.82) is 0 Å². The first-order valence-corrected chi connectivity index (χ1v) is 11.4. The second-order valence-electron chi connectivity index (χ2n) is 8.39. The van der Waals surface area contributed by atoms with Crippen molar-refractivity contribution in [2.45, 2.75) is 32.5 Å². The van der Waals surface area contributed by atoms with E-state index in [1.807, 2.05) is 48.7 Å². The molecule has 2 aromatic heterocycles. The van der Waals surface area contributed by atoms with E-state index in [1.54, 1.807) is 6.07 Å². The van der Waals surface area contributed by atoms with Crippen LogP contribution < -0.4 is 5.32 Å². The van der Waals surface area contributed by atoms with Gasteiger partial charge < -0.3 is 19.9 Å². The van der Waals surface area contributed by atoms with Gasteiger partial charge in [-0.25, -0.2) is 0 Å². The highest BCUT2D eigenvalue weighted by atomic mass is 32.1. The number of phenols is 1. The Morgan fingerprint density at radius 1 is 0.970 bits per heavy atom. The van der Waals surface area contributed by atoms with E-state index in [0.29, 0.717) is 11.7 Å². The van der Waals surface area contributed by atoms with Crippen LogP contribution in [0.15, 0.2) is 85.1 Å². The van der Waals surface area contributed by atoms with Gasteiger partial charge in [-0.2, -0.15) is 0 Å². The maximum absolute atomic E-state index is 10.5. The number of nitrogens with one attached hydrogen (secondary N) is 1. The molecule has 0 aliphatic carbocycles. The van der Waals surface area contributed by atoms with Gasteiger partial charge in [0, 0.05) is 24.1 Å². The van der Waals surface area contributed by atoms with Crippen LogP contribution in [0.4, 0.5) is 0 Å². The molecular weight excluding hydrogens is 428 g/mol. The minimum atomic E-state index is -0.0827. The number of aromatic hydroxyl groups is 1. The van der Waals surface area contributed by atoms with Crippen molar-refractivity contribution in [3.63, 3.8) is 0 Å². The average Bonchev–Trinajstić information content (AvgIpc) is 3.30. The Kier molecular flexibility index (Phi) is 5.60. The minimum Gasteiger partial charge on any atom is -0.506 e. The van der Waals surface area contributed by atoms with Crippen LogP contribution in [0, 0.1) is 13.8 Å². The zero-order valence-electron chi connectivity index (χ0n) is 18.6. The van der Waals surface area contributed by atoms with Crippen LogP contribution in [0.1, 0.15) is 40.3 Å². The fraction of sp³-hybridized carbons (Fsp3) is 0.185. The first-order chi connectivity index (χ1) is 16.0. The summed E-state index contributed by atoms with van der Waals surface area (Å²) in [7, 11) is 0. The van der Waals surface area contributed by atoms with E-state index in [0.717, 1.165) is 28.3 Å². The first-order valence-electron chi connectivity index (χ1n) is 11.0. The summed E-state index contributed by atoms with van der Waals surface area (Å²) in [5.74, 6) is 0.258. The van der Waals surface area contributed by atoms with Gasteiger partial charge in [-0.15, -0.1) is 0 Å². The topological polar surface area (TPSA) is 53.3 Å². The number of hydrogen-bond donors (Lipinski definition) is 2. The van der Waals surface area contributed by atoms with Crippen LogP contribution in [0.2, 0.25) is 0 Å². The molecule has 5 nitrogen and oxygen atoms in total. The molecule has 2 atom stereocenters. The van der Waals surface area contributed by atoms with Crippen molar-refractivity contribution in [1.82, 2.24) is 19.8 Å². The Morgan fingerprint density at radius 3 is 2.42 bits per heavy atom. The molecule has 1 aliphatic rings. The van der Waals surface area contributed by atoms with Gasteiger partial charge in [-0.3, -0.25) is 4.98 Å². The molecule has 1 fully saturated rings. The number of rotatable bonds is 5. The number of pyridine rings is 1. The number of phenolic OH excluding ortho intramolecular Hbond substituents is 1. The fourth-order valence-electron chi connectivity index (χ4n) is 4.81. The zero-order chi connectivity index (χ0) is 22.9. The van der Waals surface area contributed by atoms with E-state index < -0.39 is 0 Å². The van der Waals surface area contributed by atoms with E-state index in [-0.39, 0.29) is 17.8 Å². The monoisotopic (exact) mass is 454 g/mol. The van der Waals surface area contributed by atoms with Crippen LogP contribution in [-0.4, -0.2) is 24.7 Å². The third-order valence-electron chi connectivity index (χ3n) is 6.31. The Balaban J connectivity index is 1.63. The molecule has 2 aromatic carbocycles. The molecule has 0 saturated carbocycles. The lowest BCUT2D eigenvalue weighted by Gasteiger charge is -2.28. The molecule has 6 heteroatoms. The number of nitrogens with zero attached hydrogens (tertiary/aromatic N) is 3. The maximum Gasteiger partial charge on any atom is 0.170 e. The number of para-hydroxylation sites is 2. The molecule has 0 radical (unpaired) electrons. The highest BCUT2D eigenvalue weighted by molar-refractivity contribution is 7.80. The van der Waals surface area contributed by atoms with E-state index in [1.165, 1.54) is 5.56 Å². The molecule has 0 amide bonds. The standard InChI is InChI=1S/C27H26N4OS/c1-18-16-21(19(2)31(18)23-13-6-7-14-24(23)32)26-25(22-12-8-9-15-28-22)29-27(33)30(26)17-20-10-4-3-5-11-20/h3-16,25-26,32H,17H2,1-2H3,(H,29,33)/t25-,26+/m1/s1. The normalized spacial score (nSPS) is 17.9. The third-order valence-corrected chi connectivity index (χ3v) is 6.66. The molecule has 166 valence electrons. The third kappa shape index (κ3) is 3.87. The van der Waals surface area contributed by atoms with Gasteiger partial charge in [0.1, 0.15) is 5.75 Å². The summed E-state index contributed by atoms with van der Waals surface area (Å²) in [6.07, 6.45) is 1.82. The van der Waals surface area contributed by atoms with Crippen molar-refractivity contribution in [3.8, 4) is 11.4 Å². The van der Waals surface area contributed by atoms with Crippen molar-refractivity contribution < 1.29 is 5.11 Å². The summed E-state index contributed by atoms with van der Waals surface area (Å²) in [6.45, 7) is 4.87. The van der Waals surface area contributed by atoms with Crippen LogP contribution in [0.25, 0.3) is 5.69 Å². The number of hydrogen-bond acceptors (Lipinski definition) is 3. The molecule has 5 rings (SSSR count). The summed E-state index contributed by atoms with van der Waals surface area (Å²) >= 11 is 5.83. The van der Waals surface area contributed by atoms with Gasteiger partial charge in [-0.05, 0) is 67.5 Å². The first kappa shape index (κ1) is 21.2. The molecule has 33 heavy (non-hydrogen) atoms. The number of benzene rings is 2. The quantitative estimate of drug-likeness (QED) is 0.397. The largest absolute Gasteiger partial charge is 0.506 e. The Labute approximate surface area is 199 Å². The second kappa shape index (κ2) is 8.71. The molecule has 2 N–H and O–H groups in total. The highest BCUT2D eigenvalue weighted by Crippen LogP contribution is 2.42. The molecule has 1 saturated heterocycles. The lowest BCUT2D eigenvalue weighted by atomic mass is 9.96. The maximum atomic E-state index is 10.5. The minimum absolute atomic E-state index is 0.0431. The van der Waals surface area contributed by atoms with Crippen LogP contribution in [0.5, 0.6) is 5.75 Å². The number of thiocarbonyl (C=S) groups is 1. The highest BCUT2D eigenvalue weighted by Gasteiger charge is 2.41. The lowest BCUT2D eigenvalue weighted by Crippen LogP contribution is -2.29. The van der Waals surface area contributed by atoms with Crippen LogP contribution in [0.3, 0.4) is 0 Å². The smallest absolute Gasteiger partial charge is 0.170 e. The zero-order valence-corrected chi connectivity index (χ0v) is 19.5. The molecule has 3 heterocycles. The van der Waals surface area contributed by atoms with Gasteiger partial charge >= 0.3 is 0 Å². The summed E-state index contributed by atoms with van der Waals surface area (Å²) in [5, 5.41) is 14.8. The van der Waals surface area contributed by atoms with Gasteiger partial charge in [0.25, 0.3) is 0 Å². The Morgan fingerprint density at radius 2 is 1.70 bits per heavy atom. The Hall–Kier alpha value is -3.64. The second-order valence-corrected chi connectivity index (χ2v) is 8.78. The summed E-state index contributed by atoms with van der Waals surface area (Å²) in [6, 6.07) is 25.9. The Bertz CT molecular complexity index is 1290. The van der Waals surface area contributed by atoms with E-state index in [2.05, 4.69) is 63.9 Å². The molecule has 0 bridgehead atoms. The average molecular weight is 455 g/mol. The van der Waals surface area contributed by atoms with E-state index in [4.69, 9.17) is 12.2 Å². The van der Waals surface area contributed by atoms with Gasteiger partial charge in [0.05, 0.1) is 23.5 Å². The van der Waals surface area contributed by atoms with Gasteiger partial charge in [0.2, 0.25) is 0 Å². The van der Waals surface area contributed by atoms with Crippen molar-refractivity contribution in [3.05, 3.63) is 113 Å².